The molecule has 0 spiro atoms. The van der Waals surface area contributed by atoms with Gasteiger partial charge in [-0.1, -0.05) is 18.2 Å². The maximum Gasteiger partial charge on any atom is 0.0511 e. The molecule has 0 atom stereocenters. The fraction of sp³-hybridized carbons (Fsp3) is 0.333. The Balaban J connectivity index is 2.46. The Morgan fingerprint density at radius 2 is 2.14 bits per heavy atom. The third-order valence-electron chi connectivity index (χ3n) is 2.56. The standard InChI is InChI=1S/C12H15NO/c1-13-8-6-10-4-3-5-11(12(10)13)7-9-14-2/h3-6,8H,7,9H2,1-2H3. The first kappa shape index (κ1) is 9.28. The molecule has 0 unspecified atom stereocenters. The van der Waals surface area contributed by atoms with Crippen LogP contribution in [0.3, 0.4) is 0 Å². The van der Waals surface area contributed by atoms with Crippen molar-refractivity contribution in [3.63, 3.8) is 0 Å². The molecule has 0 aliphatic carbocycles. The summed E-state index contributed by atoms with van der Waals surface area (Å²) < 4.78 is 7.27. The second-order valence-corrected chi connectivity index (χ2v) is 3.52. The van der Waals surface area contributed by atoms with Gasteiger partial charge in [-0.15, -0.1) is 0 Å². The topological polar surface area (TPSA) is 14.2 Å². The number of benzene rings is 1. The Morgan fingerprint density at radius 1 is 1.29 bits per heavy atom. The molecule has 0 amide bonds. The Morgan fingerprint density at radius 3 is 2.93 bits per heavy atom. The molecule has 0 aliphatic heterocycles. The molecule has 1 aromatic carbocycles. The number of aryl methyl sites for hydroxylation is 1. The zero-order chi connectivity index (χ0) is 9.97. The SMILES string of the molecule is COCCc1cccc2ccn(C)c12. The first-order valence-corrected chi connectivity index (χ1v) is 4.85. The van der Waals surface area contributed by atoms with Gasteiger partial charge in [0, 0.05) is 20.4 Å². The van der Waals surface area contributed by atoms with E-state index in [-0.39, 0.29) is 0 Å². The zero-order valence-electron chi connectivity index (χ0n) is 8.66. The van der Waals surface area contributed by atoms with Crippen molar-refractivity contribution in [2.75, 3.05) is 13.7 Å². The number of rotatable bonds is 3. The van der Waals surface area contributed by atoms with Gasteiger partial charge < -0.3 is 9.30 Å². The van der Waals surface area contributed by atoms with Crippen molar-refractivity contribution in [3.05, 3.63) is 36.0 Å². The summed E-state index contributed by atoms with van der Waals surface area (Å²) >= 11 is 0. The van der Waals surface area contributed by atoms with E-state index in [2.05, 4.69) is 42.1 Å². The summed E-state index contributed by atoms with van der Waals surface area (Å²) in [7, 11) is 3.82. The molecule has 1 heterocycles. The molecule has 0 bridgehead atoms. The van der Waals surface area contributed by atoms with E-state index in [1.54, 1.807) is 7.11 Å². The highest BCUT2D eigenvalue weighted by atomic mass is 16.5. The number of methoxy groups -OCH3 is 1. The van der Waals surface area contributed by atoms with Crippen LogP contribution >= 0.6 is 0 Å². The summed E-state index contributed by atoms with van der Waals surface area (Å²) in [6.07, 6.45) is 3.08. The molecule has 1 aromatic heterocycles. The third kappa shape index (κ3) is 1.53. The van der Waals surface area contributed by atoms with Crippen molar-refractivity contribution in [2.45, 2.75) is 6.42 Å². The Kier molecular flexibility index (Phi) is 2.55. The van der Waals surface area contributed by atoms with E-state index >= 15 is 0 Å². The number of hydrogen-bond donors (Lipinski definition) is 0. The molecule has 2 rings (SSSR count). The van der Waals surface area contributed by atoms with Gasteiger partial charge >= 0.3 is 0 Å². The van der Waals surface area contributed by atoms with E-state index in [4.69, 9.17) is 4.74 Å². The van der Waals surface area contributed by atoms with Crippen LogP contribution in [0.1, 0.15) is 5.56 Å². The first-order chi connectivity index (χ1) is 6.83. The highest BCUT2D eigenvalue weighted by molar-refractivity contribution is 5.83. The molecule has 0 aliphatic rings. The van der Waals surface area contributed by atoms with Crippen LogP contribution in [-0.4, -0.2) is 18.3 Å². The molecule has 0 fully saturated rings. The molecule has 0 saturated carbocycles. The van der Waals surface area contributed by atoms with Crippen LogP contribution < -0.4 is 0 Å². The predicted molar refractivity (Wildman–Crippen MR) is 58.5 cm³/mol. The lowest BCUT2D eigenvalue weighted by atomic mass is 10.1. The monoisotopic (exact) mass is 189 g/mol. The van der Waals surface area contributed by atoms with Gasteiger partial charge in [0.15, 0.2) is 0 Å². The van der Waals surface area contributed by atoms with E-state index in [1.165, 1.54) is 16.5 Å². The van der Waals surface area contributed by atoms with Crippen LogP contribution in [-0.2, 0) is 18.2 Å². The fourth-order valence-electron chi connectivity index (χ4n) is 1.86. The molecule has 0 radical (unpaired) electrons. The van der Waals surface area contributed by atoms with Gasteiger partial charge in [-0.2, -0.15) is 0 Å². The molecule has 2 aromatic rings. The average molecular weight is 189 g/mol. The Labute approximate surface area is 84.1 Å². The second-order valence-electron chi connectivity index (χ2n) is 3.52. The van der Waals surface area contributed by atoms with Gasteiger partial charge in [-0.05, 0) is 23.4 Å². The average Bonchev–Trinajstić information content (AvgIpc) is 2.58. The van der Waals surface area contributed by atoms with Crippen LogP contribution in [0.25, 0.3) is 10.9 Å². The van der Waals surface area contributed by atoms with Crippen molar-refractivity contribution in [2.24, 2.45) is 7.05 Å². The summed E-state index contributed by atoms with van der Waals surface area (Å²) in [6.45, 7) is 0.782. The maximum atomic E-state index is 5.10. The Bertz CT molecular complexity index is 431. The minimum Gasteiger partial charge on any atom is -0.384 e. The van der Waals surface area contributed by atoms with Crippen LogP contribution in [0.4, 0.5) is 0 Å². The van der Waals surface area contributed by atoms with Crippen LogP contribution in [0.5, 0.6) is 0 Å². The molecule has 0 saturated heterocycles. The van der Waals surface area contributed by atoms with Crippen molar-refractivity contribution in [1.82, 2.24) is 4.57 Å². The quantitative estimate of drug-likeness (QED) is 0.723. The van der Waals surface area contributed by atoms with E-state index in [9.17, 15) is 0 Å². The minimum atomic E-state index is 0.782. The van der Waals surface area contributed by atoms with Gasteiger partial charge in [-0.25, -0.2) is 0 Å². The summed E-state index contributed by atoms with van der Waals surface area (Å²) in [4.78, 5) is 0. The number of hydrogen-bond acceptors (Lipinski definition) is 1. The number of ether oxygens (including phenoxy) is 1. The first-order valence-electron chi connectivity index (χ1n) is 4.85. The van der Waals surface area contributed by atoms with E-state index < -0.39 is 0 Å². The highest BCUT2D eigenvalue weighted by Crippen LogP contribution is 2.19. The van der Waals surface area contributed by atoms with Crippen LogP contribution in [0.15, 0.2) is 30.5 Å². The lowest BCUT2D eigenvalue weighted by molar-refractivity contribution is 0.202. The summed E-state index contributed by atoms with van der Waals surface area (Å²) in [5.74, 6) is 0. The molecule has 0 N–H and O–H groups in total. The van der Waals surface area contributed by atoms with Crippen molar-refractivity contribution < 1.29 is 4.74 Å². The van der Waals surface area contributed by atoms with Gasteiger partial charge in [0.25, 0.3) is 0 Å². The maximum absolute atomic E-state index is 5.10. The Hall–Kier alpha value is -1.28. The second kappa shape index (κ2) is 3.84. The van der Waals surface area contributed by atoms with Crippen molar-refractivity contribution in [1.29, 1.82) is 0 Å². The molecule has 14 heavy (non-hydrogen) atoms. The van der Waals surface area contributed by atoms with Gasteiger partial charge in [0.05, 0.1) is 12.1 Å². The number of fused-ring (bicyclic) bond motifs is 1. The normalized spacial score (nSPS) is 11.0. The molecule has 2 nitrogen and oxygen atoms in total. The van der Waals surface area contributed by atoms with E-state index in [1.807, 2.05) is 0 Å². The summed E-state index contributed by atoms with van der Waals surface area (Å²) in [6, 6.07) is 8.56. The molecule has 2 heteroatoms. The predicted octanol–water partition coefficient (Wildman–Crippen LogP) is 2.37. The number of aromatic nitrogens is 1. The lowest BCUT2D eigenvalue weighted by Crippen LogP contribution is -1.97. The van der Waals surface area contributed by atoms with E-state index in [0.29, 0.717) is 0 Å². The number of nitrogens with zero attached hydrogens (tertiary/aromatic N) is 1. The van der Waals surface area contributed by atoms with Crippen molar-refractivity contribution in [3.8, 4) is 0 Å². The number of para-hydroxylation sites is 1. The zero-order valence-corrected chi connectivity index (χ0v) is 8.66. The van der Waals surface area contributed by atoms with Crippen LogP contribution in [0, 0.1) is 0 Å². The third-order valence-corrected chi connectivity index (χ3v) is 2.56. The summed E-state index contributed by atoms with van der Waals surface area (Å²) in [5, 5.41) is 1.31. The fourth-order valence-corrected chi connectivity index (χ4v) is 1.86. The lowest BCUT2D eigenvalue weighted by Gasteiger charge is -2.05. The minimum absolute atomic E-state index is 0.782. The van der Waals surface area contributed by atoms with Gasteiger partial charge in [0.1, 0.15) is 0 Å². The molecule has 74 valence electrons. The van der Waals surface area contributed by atoms with E-state index in [0.717, 1.165) is 13.0 Å². The highest BCUT2D eigenvalue weighted by Gasteiger charge is 2.03. The molecular weight excluding hydrogens is 174 g/mol. The van der Waals surface area contributed by atoms with Gasteiger partial charge in [-0.3, -0.25) is 0 Å². The van der Waals surface area contributed by atoms with Crippen LogP contribution in [0.2, 0.25) is 0 Å². The van der Waals surface area contributed by atoms with Crippen molar-refractivity contribution >= 4 is 10.9 Å². The largest absolute Gasteiger partial charge is 0.384 e. The smallest absolute Gasteiger partial charge is 0.0511 e. The summed E-state index contributed by atoms with van der Waals surface area (Å²) in [5.41, 5.74) is 2.68. The van der Waals surface area contributed by atoms with Gasteiger partial charge in [0.2, 0.25) is 0 Å². The molecular formula is C12H15NO.